The average molecular weight is 432 g/mol. The fourth-order valence-electron chi connectivity index (χ4n) is 3.27. The summed E-state index contributed by atoms with van der Waals surface area (Å²) < 4.78 is 7.27. The van der Waals surface area contributed by atoms with Gasteiger partial charge in [0.15, 0.2) is 4.77 Å². The first-order valence-corrected chi connectivity index (χ1v) is 10.2. The lowest BCUT2D eigenvalue weighted by molar-refractivity contribution is -0.118. The predicted molar refractivity (Wildman–Crippen MR) is 124 cm³/mol. The number of carbonyl (C=O) groups excluding carboxylic acids is 1. The Kier molecular flexibility index (Phi) is 5.95. The molecule has 0 spiro atoms. The molecule has 0 radical (unpaired) electrons. The quantitative estimate of drug-likeness (QED) is 0.429. The van der Waals surface area contributed by atoms with E-state index < -0.39 is 6.04 Å². The molecule has 6 nitrogen and oxygen atoms in total. The van der Waals surface area contributed by atoms with Crippen LogP contribution in [0, 0.1) is 4.77 Å². The van der Waals surface area contributed by atoms with Crippen molar-refractivity contribution in [3.05, 3.63) is 99.6 Å². The second-order valence-corrected chi connectivity index (χ2v) is 7.50. The summed E-state index contributed by atoms with van der Waals surface area (Å²) in [4.78, 5) is 28.7. The summed E-state index contributed by atoms with van der Waals surface area (Å²) in [5, 5.41) is 3.31. The van der Waals surface area contributed by atoms with E-state index in [1.165, 1.54) is 4.57 Å². The highest BCUT2D eigenvalue weighted by Crippen LogP contribution is 2.19. The van der Waals surface area contributed by atoms with Gasteiger partial charge < -0.3 is 15.0 Å². The number of para-hydroxylation sites is 1. The summed E-state index contributed by atoms with van der Waals surface area (Å²) in [6, 6.07) is 23.3. The van der Waals surface area contributed by atoms with Crippen molar-refractivity contribution in [1.29, 1.82) is 0 Å². The highest BCUT2D eigenvalue weighted by Gasteiger charge is 2.19. The van der Waals surface area contributed by atoms with Gasteiger partial charge in [0.1, 0.15) is 18.4 Å². The number of anilines is 1. The van der Waals surface area contributed by atoms with E-state index in [4.69, 9.17) is 17.0 Å². The molecule has 0 bridgehead atoms. The van der Waals surface area contributed by atoms with Crippen molar-refractivity contribution >= 4 is 34.7 Å². The number of rotatable bonds is 6. The fraction of sp³-hybridized carbons (Fsp3) is 0.125. The average Bonchev–Trinajstić information content (AvgIpc) is 2.79. The molecule has 1 aromatic heterocycles. The molecule has 0 saturated heterocycles. The molecule has 1 amide bonds. The summed E-state index contributed by atoms with van der Waals surface area (Å²) in [5.41, 5.74) is 2.03. The molecule has 0 unspecified atom stereocenters. The monoisotopic (exact) mass is 431 g/mol. The fourth-order valence-corrected chi connectivity index (χ4v) is 3.62. The molecule has 0 aliphatic heterocycles. The first-order valence-electron chi connectivity index (χ1n) is 9.84. The second-order valence-electron chi connectivity index (χ2n) is 7.11. The van der Waals surface area contributed by atoms with Gasteiger partial charge in [0.25, 0.3) is 5.56 Å². The minimum absolute atomic E-state index is 0.205. The molecule has 0 aliphatic rings. The van der Waals surface area contributed by atoms with E-state index in [-0.39, 0.29) is 16.2 Å². The maximum atomic E-state index is 12.9. The van der Waals surface area contributed by atoms with Crippen molar-refractivity contribution in [3.8, 4) is 5.75 Å². The lowest BCUT2D eigenvalue weighted by Gasteiger charge is -2.16. The number of fused-ring (bicyclic) bond motifs is 1. The normalized spacial score (nSPS) is 11.8. The van der Waals surface area contributed by atoms with Crippen LogP contribution < -0.4 is 15.6 Å². The third-order valence-corrected chi connectivity index (χ3v) is 5.27. The zero-order chi connectivity index (χ0) is 21.8. The SMILES string of the molecule is C[C@H](C(=O)Nc1ccc(OCc2ccccc2)cc1)n1c(=S)[nH]c2ccccc2c1=O. The van der Waals surface area contributed by atoms with Crippen LogP contribution in [0.3, 0.4) is 0 Å². The van der Waals surface area contributed by atoms with Gasteiger partial charge >= 0.3 is 0 Å². The summed E-state index contributed by atoms with van der Waals surface area (Å²) in [6.07, 6.45) is 0. The molecule has 2 N–H and O–H groups in total. The third kappa shape index (κ3) is 4.57. The van der Waals surface area contributed by atoms with Gasteiger partial charge in [-0.15, -0.1) is 0 Å². The van der Waals surface area contributed by atoms with E-state index in [0.29, 0.717) is 28.9 Å². The van der Waals surface area contributed by atoms with Crippen molar-refractivity contribution in [2.24, 2.45) is 0 Å². The van der Waals surface area contributed by atoms with Crippen LogP contribution in [0.15, 0.2) is 83.7 Å². The lowest BCUT2D eigenvalue weighted by Crippen LogP contribution is -2.32. The summed E-state index contributed by atoms with van der Waals surface area (Å²) in [7, 11) is 0. The van der Waals surface area contributed by atoms with Crippen molar-refractivity contribution in [2.75, 3.05) is 5.32 Å². The van der Waals surface area contributed by atoms with Gasteiger partial charge in [-0.3, -0.25) is 14.2 Å². The maximum Gasteiger partial charge on any atom is 0.262 e. The number of hydrogen-bond acceptors (Lipinski definition) is 4. The number of hydrogen-bond donors (Lipinski definition) is 2. The van der Waals surface area contributed by atoms with E-state index in [9.17, 15) is 9.59 Å². The van der Waals surface area contributed by atoms with Crippen LogP contribution in [0.4, 0.5) is 5.69 Å². The van der Waals surface area contributed by atoms with Gasteiger partial charge in [-0.05, 0) is 61.1 Å². The van der Waals surface area contributed by atoms with Crippen LogP contribution >= 0.6 is 12.2 Å². The highest BCUT2D eigenvalue weighted by atomic mass is 32.1. The van der Waals surface area contributed by atoms with Gasteiger partial charge in [-0.2, -0.15) is 0 Å². The van der Waals surface area contributed by atoms with Crippen molar-refractivity contribution < 1.29 is 9.53 Å². The van der Waals surface area contributed by atoms with Gasteiger partial charge in [0, 0.05) is 5.69 Å². The number of nitrogens with zero attached hydrogens (tertiary/aromatic N) is 1. The van der Waals surface area contributed by atoms with Gasteiger partial charge in [-0.1, -0.05) is 42.5 Å². The smallest absolute Gasteiger partial charge is 0.262 e. The van der Waals surface area contributed by atoms with Crippen LogP contribution in [-0.4, -0.2) is 15.5 Å². The summed E-state index contributed by atoms with van der Waals surface area (Å²) in [5.74, 6) is 0.359. The number of aromatic amines is 1. The minimum atomic E-state index is -0.783. The Morgan fingerprint density at radius 2 is 1.71 bits per heavy atom. The van der Waals surface area contributed by atoms with Crippen LogP contribution in [0.5, 0.6) is 5.75 Å². The Hall–Kier alpha value is -3.71. The van der Waals surface area contributed by atoms with E-state index in [2.05, 4.69) is 10.3 Å². The van der Waals surface area contributed by atoms with Gasteiger partial charge in [0.2, 0.25) is 5.91 Å². The number of carbonyl (C=O) groups is 1. The van der Waals surface area contributed by atoms with Crippen LogP contribution in [0.25, 0.3) is 10.9 Å². The number of amides is 1. The van der Waals surface area contributed by atoms with Crippen LogP contribution in [-0.2, 0) is 11.4 Å². The molecule has 0 aliphatic carbocycles. The molecule has 4 rings (SSSR count). The van der Waals surface area contributed by atoms with Crippen molar-refractivity contribution in [2.45, 2.75) is 19.6 Å². The number of ether oxygens (including phenoxy) is 1. The molecule has 156 valence electrons. The zero-order valence-corrected chi connectivity index (χ0v) is 17.7. The molecular weight excluding hydrogens is 410 g/mol. The Morgan fingerprint density at radius 1 is 1.03 bits per heavy atom. The molecule has 3 aromatic carbocycles. The van der Waals surface area contributed by atoms with E-state index in [1.807, 2.05) is 36.4 Å². The van der Waals surface area contributed by atoms with Crippen LogP contribution in [0.2, 0.25) is 0 Å². The topological polar surface area (TPSA) is 76.1 Å². The lowest BCUT2D eigenvalue weighted by atomic mass is 10.2. The zero-order valence-electron chi connectivity index (χ0n) is 16.9. The second kappa shape index (κ2) is 8.97. The van der Waals surface area contributed by atoms with Gasteiger partial charge in [-0.25, -0.2) is 0 Å². The molecule has 1 atom stereocenters. The highest BCUT2D eigenvalue weighted by molar-refractivity contribution is 7.71. The Balaban J connectivity index is 1.46. The summed E-state index contributed by atoms with van der Waals surface area (Å²) >= 11 is 5.32. The molecule has 7 heteroatoms. The first kappa shape index (κ1) is 20.6. The maximum absolute atomic E-state index is 12.9. The number of benzene rings is 3. The molecule has 1 heterocycles. The Morgan fingerprint density at radius 3 is 2.45 bits per heavy atom. The first-order chi connectivity index (χ1) is 15.0. The minimum Gasteiger partial charge on any atom is -0.489 e. The molecule has 0 saturated carbocycles. The Labute approximate surface area is 184 Å². The van der Waals surface area contributed by atoms with Gasteiger partial charge in [0.05, 0.1) is 10.9 Å². The molecule has 31 heavy (non-hydrogen) atoms. The van der Waals surface area contributed by atoms with Crippen molar-refractivity contribution in [1.82, 2.24) is 9.55 Å². The number of nitrogens with one attached hydrogen (secondary N) is 2. The predicted octanol–water partition coefficient (Wildman–Crippen LogP) is 4.84. The largest absolute Gasteiger partial charge is 0.489 e. The molecular formula is C24H21N3O3S. The van der Waals surface area contributed by atoms with Crippen LogP contribution in [0.1, 0.15) is 18.5 Å². The van der Waals surface area contributed by atoms with E-state index >= 15 is 0 Å². The number of aromatic nitrogens is 2. The molecule has 0 fully saturated rings. The van der Waals surface area contributed by atoms with E-state index in [1.54, 1.807) is 49.4 Å². The van der Waals surface area contributed by atoms with Crippen molar-refractivity contribution in [3.63, 3.8) is 0 Å². The number of H-pyrrole nitrogens is 1. The third-order valence-electron chi connectivity index (χ3n) is 4.97. The standard InChI is InChI=1S/C24H21N3O3S/c1-16(27-23(29)20-9-5-6-10-21(20)26-24(27)31)22(28)25-18-11-13-19(14-12-18)30-15-17-7-3-2-4-8-17/h2-14,16H,15H2,1H3,(H,25,28)(H,26,31)/t16-/m1/s1. The Bertz CT molecular complexity index is 1330. The van der Waals surface area contributed by atoms with E-state index in [0.717, 1.165) is 5.56 Å². The summed E-state index contributed by atoms with van der Waals surface area (Å²) in [6.45, 7) is 2.11. The molecule has 4 aromatic rings.